The van der Waals surface area contributed by atoms with Crippen molar-refractivity contribution >= 4 is 0 Å². The fraction of sp³-hybridized carbons (Fsp3) is 0.423. The molecule has 0 spiro atoms. The smallest absolute Gasteiger partial charge is 0.396 e. The topological polar surface area (TPSA) is 57.2 Å². The van der Waals surface area contributed by atoms with Gasteiger partial charge in [0.25, 0.3) is 0 Å². The van der Waals surface area contributed by atoms with Gasteiger partial charge in [0, 0.05) is 44.3 Å². The number of hydrogen-bond donors (Lipinski definition) is 3. The quantitative estimate of drug-likeness (QED) is 0.205. The lowest BCUT2D eigenvalue weighted by molar-refractivity contribution is -0.142. The van der Waals surface area contributed by atoms with Crippen LogP contribution < -0.4 is 10.6 Å². The van der Waals surface area contributed by atoms with E-state index in [-0.39, 0.29) is 36.4 Å². The molecule has 1 aromatic carbocycles. The highest BCUT2D eigenvalue weighted by atomic mass is 19.4. The first-order chi connectivity index (χ1) is 17.0. The molecule has 1 saturated carbocycles. The molecule has 0 radical (unpaired) electrons. The molecule has 3 rings (SSSR count). The number of nitrogens with one attached hydrogen (secondary N) is 2. The predicted molar refractivity (Wildman–Crippen MR) is 126 cm³/mol. The average Bonchev–Trinajstić information content (AvgIpc) is 2.80. The number of aromatic nitrogens is 1. The van der Waals surface area contributed by atoms with Crippen molar-refractivity contribution in [3.63, 3.8) is 0 Å². The molecule has 0 bridgehead atoms. The molecule has 1 unspecified atom stereocenters. The molecule has 1 aliphatic carbocycles. The summed E-state index contributed by atoms with van der Waals surface area (Å²) in [7, 11) is 0. The lowest BCUT2D eigenvalue weighted by Crippen LogP contribution is -2.31. The van der Waals surface area contributed by atoms with Crippen molar-refractivity contribution in [3.8, 4) is 11.3 Å². The Bertz CT molecular complexity index is 1050. The summed E-state index contributed by atoms with van der Waals surface area (Å²) in [5, 5.41) is 15.8. The Labute approximate surface area is 206 Å². The van der Waals surface area contributed by atoms with Gasteiger partial charge in [-0.1, -0.05) is 42.0 Å². The highest BCUT2D eigenvalue weighted by molar-refractivity contribution is 5.60. The molecule has 10 heteroatoms. The Balaban J connectivity index is 1.67. The van der Waals surface area contributed by atoms with Gasteiger partial charge in [-0.15, -0.1) is 0 Å². The van der Waals surface area contributed by atoms with Crippen LogP contribution >= 0.6 is 0 Å². The van der Waals surface area contributed by atoms with E-state index in [1.54, 1.807) is 0 Å². The Kier molecular flexibility index (Phi) is 9.32. The Morgan fingerprint density at radius 1 is 0.944 bits per heavy atom. The summed E-state index contributed by atoms with van der Waals surface area (Å²) in [6.07, 6.45) is -5.22. The Morgan fingerprint density at radius 3 is 2.19 bits per heavy atom. The van der Waals surface area contributed by atoms with Crippen LogP contribution in [0.1, 0.15) is 42.0 Å². The summed E-state index contributed by atoms with van der Waals surface area (Å²) < 4.78 is 80.1. The second kappa shape index (κ2) is 12.0. The molecule has 196 valence electrons. The van der Waals surface area contributed by atoms with Crippen LogP contribution in [0.15, 0.2) is 60.2 Å². The van der Waals surface area contributed by atoms with Crippen molar-refractivity contribution in [1.82, 2.24) is 15.6 Å². The van der Waals surface area contributed by atoms with Gasteiger partial charge in [0.1, 0.15) is 5.69 Å². The normalized spacial score (nSPS) is 15.1. The fourth-order valence-corrected chi connectivity index (χ4v) is 4.05. The molecule has 1 aromatic heterocycles. The molecule has 0 saturated heterocycles. The van der Waals surface area contributed by atoms with Crippen LogP contribution in [0.2, 0.25) is 0 Å². The molecule has 1 fully saturated rings. The van der Waals surface area contributed by atoms with Crippen molar-refractivity contribution in [3.05, 3.63) is 77.0 Å². The lowest BCUT2D eigenvalue weighted by Gasteiger charge is -2.22. The maximum Gasteiger partial charge on any atom is 0.433 e. The van der Waals surface area contributed by atoms with E-state index in [2.05, 4.69) is 28.3 Å². The van der Waals surface area contributed by atoms with Crippen molar-refractivity contribution in [2.24, 2.45) is 0 Å². The van der Waals surface area contributed by atoms with Gasteiger partial charge in [0.15, 0.2) is 0 Å². The minimum Gasteiger partial charge on any atom is -0.396 e. The van der Waals surface area contributed by atoms with E-state index in [1.807, 2.05) is 0 Å². The van der Waals surface area contributed by atoms with Gasteiger partial charge >= 0.3 is 12.4 Å². The number of alkyl halides is 6. The van der Waals surface area contributed by atoms with Gasteiger partial charge < -0.3 is 15.7 Å². The third kappa shape index (κ3) is 7.65. The number of halogens is 6. The number of aliphatic hydroxyl groups is 1. The van der Waals surface area contributed by atoms with Crippen LogP contribution in [0.25, 0.3) is 11.3 Å². The number of rotatable bonds is 11. The number of benzene rings is 1. The molecule has 0 aliphatic heterocycles. The molecule has 1 heterocycles. The first kappa shape index (κ1) is 27.9. The van der Waals surface area contributed by atoms with Gasteiger partial charge in [0.2, 0.25) is 0 Å². The van der Waals surface area contributed by atoms with E-state index < -0.39 is 29.5 Å². The fourth-order valence-electron chi connectivity index (χ4n) is 4.05. The van der Waals surface area contributed by atoms with E-state index >= 15 is 0 Å². The molecule has 4 nitrogen and oxygen atoms in total. The SMILES string of the molecule is C=C1CC(=CCNCCNCC(CCO)c2ccc(-c3ccc(C(F)(F)F)cc3)nc2C(F)(F)F)C1. The molecule has 3 N–H and O–H groups in total. The molecule has 36 heavy (non-hydrogen) atoms. The largest absolute Gasteiger partial charge is 0.433 e. The maximum absolute atomic E-state index is 13.9. The summed E-state index contributed by atoms with van der Waals surface area (Å²) in [5.41, 5.74) is 0.559. The number of allylic oxidation sites excluding steroid dienone is 2. The second-order valence-corrected chi connectivity index (χ2v) is 8.79. The van der Waals surface area contributed by atoms with E-state index in [9.17, 15) is 31.4 Å². The monoisotopic (exact) mass is 513 g/mol. The number of hydrogen-bond acceptors (Lipinski definition) is 4. The van der Waals surface area contributed by atoms with Crippen molar-refractivity contribution in [1.29, 1.82) is 0 Å². The number of nitrogens with zero attached hydrogens (tertiary/aromatic N) is 1. The van der Waals surface area contributed by atoms with Crippen molar-refractivity contribution in [2.75, 3.05) is 32.8 Å². The number of aliphatic hydroxyl groups excluding tert-OH is 1. The second-order valence-electron chi connectivity index (χ2n) is 8.79. The van der Waals surface area contributed by atoms with Crippen LogP contribution in [0.5, 0.6) is 0 Å². The minimum absolute atomic E-state index is 0.0670. The van der Waals surface area contributed by atoms with E-state index in [0.717, 1.165) is 37.1 Å². The first-order valence-corrected chi connectivity index (χ1v) is 11.6. The third-order valence-corrected chi connectivity index (χ3v) is 5.98. The average molecular weight is 514 g/mol. The minimum atomic E-state index is -4.77. The third-order valence-electron chi connectivity index (χ3n) is 5.98. The summed E-state index contributed by atoms with van der Waals surface area (Å²) >= 11 is 0. The van der Waals surface area contributed by atoms with E-state index in [0.29, 0.717) is 19.6 Å². The summed E-state index contributed by atoms with van der Waals surface area (Å²) in [4.78, 5) is 3.77. The molecule has 0 amide bonds. The zero-order chi connectivity index (χ0) is 26.3. The summed E-state index contributed by atoms with van der Waals surface area (Å²) in [6, 6.07) is 6.47. The van der Waals surface area contributed by atoms with Gasteiger partial charge in [-0.25, -0.2) is 4.98 Å². The zero-order valence-electron chi connectivity index (χ0n) is 19.6. The van der Waals surface area contributed by atoms with Crippen LogP contribution in [-0.4, -0.2) is 42.9 Å². The Hall–Kier alpha value is -2.69. The van der Waals surface area contributed by atoms with Gasteiger partial charge in [-0.2, -0.15) is 26.3 Å². The van der Waals surface area contributed by atoms with Crippen molar-refractivity contribution in [2.45, 2.75) is 37.5 Å². The molecule has 1 atom stereocenters. The van der Waals surface area contributed by atoms with Gasteiger partial charge in [-0.3, -0.25) is 0 Å². The molecular formula is C26H29F6N3O. The standard InChI is InChI=1S/C26H29F6N3O/c1-17-14-18(15-17)8-10-33-11-12-34-16-20(9-13-36)22-6-7-23(35-24(22)26(30,31)32)19-2-4-21(5-3-19)25(27,28)29/h2-8,20,33-34,36H,1,9-16H2. The maximum atomic E-state index is 13.9. The highest BCUT2D eigenvalue weighted by Gasteiger charge is 2.37. The highest BCUT2D eigenvalue weighted by Crippen LogP contribution is 2.37. The summed E-state index contributed by atoms with van der Waals surface area (Å²) in [6.45, 7) is 5.63. The molecule has 2 aromatic rings. The number of pyridine rings is 1. The van der Waals surface area contributed by atoms with Crippen molar-refractivity contribution < 1.29 is 31.4 Å². The van der Waals surface area contributed by atoms with Gasteiger partial charge in [-0.05, 0) is 43.0 Å². The predicted octanol–water partition coefficient (Wildman–Crippen LogP) is 5.71. The Morgan fingerprint density at radius 2 is 1.61 bits per heavy atom. The van der Waals surface area contributed by atoms with Crippen LogP contribution in [0.3, 0.4) is 0 Å². The van der Waals surface area contributed by atoms with Crippen LogP contribution in [0, 0.1) is 0 Å². The van der Waals surface area contributed by atoms with Crippen LogP contribution in [0.4, 0.5) is 26.3 Å². The first-order valence-electron chi connectivity index (χ1n) is 11.6. The zero-order valence-corrected chi connectivity index (χ0v) is 19.6. The molecular weight excluding hydrogens is 484 g/mol. The molecule has 1 aliphatic rings. The van der Waals surface area contributed by atoms with Crippen LogP contribution in [-0.2, 0) is 12.4 Å². The van der Waals surface area contributed by atoms with E-state index in [1.165, 1.54) is 23.3 Å². The van der Waals surface area contributed by atoms with Gasteiger partial charge in [0.05, 0.1) is 11.3 Å². The van der Waals surface area contributed by atoms with E-state index in [4.69, 9.17) is 0 Å². The summed E-state index contributed by atoms with van der Waals surface area (Å²) in [5.74, 6) is -0.649. The lowest BCUT2D eigenvalue weighted by atomic mass is 9.87.